The second-order valence-corrected chi connectivity index (χ2v) is 7.68. The average Bonchev–Trinajstić information content (AvgIpc) is 2.91. The minimum absolute atomic E-state index is 0.00977. The van der Waals surface area contributed by atoms with Gasteiger partial charge in [-0.2, -0.15) is 0 Å². The maximum atomic E-state index is 12.7. The minimum atomic E-state index is 0.00977. The van der Waals surface area contributed by atoms with E-state index < -0.39 is 0 Å². The number of hydrogen-bond donors (Lipinski definition) is 1. The molecule has 0 radical (unpaired) electrons. The highest BCUT2D eigenvalue weighted by atomic mass is 35.5. The molecule has 1 N–H and O–H groups in total. The van der Waals surface area contributed by atoms with Gasteiger partial charge in [0.1, 0.15) is 0 Å². The molecule has 1 aromatic rings. The van der Waals surface area contributed by atoms with Crippen LogP contribution in [0.2, 0.25) is 4.34 Å². The second-order valence-electron chi connectivity index (χ2n) is 5.88. The highest BCUT2D eigenvalue weighted by Crippen LogP contribution is 2.31. The van der Waals surface area contributed by atoms with Gasteiger partial charge in [0.25, 0.3) is 0 Å². The van der Waals surface area contributed by atoms with Gasteiger partial charge in [0, 0.05) is 23.4 Å². The Balaban J connectivity index is 1.98. The lowest BCUT2D eigenvalue weighted by Crippen LogP contribution is -2.48. The second kappa shape index (κ2) is 7.61. The van der Waals surface area contributed by atoms with Gasteiger partial charge in [0.2, 0.25) is 5.91 Å². The quantitative estimate of drug-likeness (QED) is 0.854. The molecule has 1 fully saturated rings. The van der Waals surface area contributed by atoms with E-state index in [1.807, 2.05) is 31.0 Å². The number of amides is 1. The van der Waals surface area contributed by atoms with Crippen LogP contribution in [0.3, 0.4) is 0 Å². The summed E-state index contributed by atoms with van der Waals surface area (Å²) < 4.78 is 0.785. The monoisotopic (exact) mass is 328 g/mol. The standard InChI is InChI=1S/C16H25ClN2OS/c1-3-19(12-13-7-8-14(17)21-13)15(20)11-16(18-2)9-5-4-6-10-16/h7-8,18H,3-6,9-12H2,1-2H3. The van der Waals surface area contributed by atoms with Crippen LogP contribution in [-0.4, -0.2) is 29.9 Å². The fraction of sp³-hybridized carbons (Fsp3) is 0.688. The van der Waals surface area contributed by atoms with Crippen LogP contribution in [0.25, 0.3) is 0 Å². The lowest BCUT2D eigenvalue weighted by Gasteiger charge is -2.38. The zero-order valence-electron chi connectivity index (χ0n) is 13.0. The average molecular weight is 329 g/mol. The largest absolute Gasteiger partial charge is 0.338 e. The van der Waals surface area contributed by atoms with E-state index >= 15 is 0 Å². The van der Waals surface area contributed by atoms with Crippen LogP contribution in [-0.2, 0) is 11.3 Å². The van der Waals surface area contributed by atoms with E-state index in [4.69, 9.17) is 11.6 Å². The molecule has 5 heteroatoms. The Bertz CT molecular complexity index is 469. The molecular formula is C16H25ClN2OS. The van der Waals surface area contributed by atoms with E-state index in [1.54, 1.807) is 11.3 Å². The van der Waals surface area contributed by atoms with Crippen LogP contribution < -0.4 is 5.32 Å². The molecule has 1 aliphatic rings. The molecule has 1 saturated carbocycles. The Morgan fingerprint density at radius 2 is 2.10 bits per heavy atom. The Kier molecular flexibility index (Phi) is 6.08. The molecular weight excluding hydrogens is 304 g/mol. The highest BCUT2D eigenvalue weighted by Gasteiger charge is 2.33. The summed E-state index contributed by atoms with van der Waals surface area (Å²) in [5.74, 6) is 0.248. The Morgan fingerprint density at radius 1 is 1.38 bits per heavy atom. The first-order chi connectivity index (χ1) is 10.1. The van der Waals surface area contributed by atoms with Gasteiger partial charge in [-0.05, 0) is 38.9 Å². The molecule has 0 unspecified atom stereocenters. The van der Waals surface area contributed by atoms with Crippen molar-refractivity contribution in [2.45, 2.75) is 57.5 Å². The van der Waals surface area contributed by atoms with Gasteiger partial charge in [0.05, 0.1) is 10.9 Å². The number of thiophene rings is 1. The summed E-state index contributed by atoms with van der Waals surface area (Å²) in [6, 6.07) is 3.91. The van der Waals surface area contributed by atoms with E-state index in [0.29, 0.717) is 13.0 Å². The van der Waals surface area contributed by atoms with Crippen molar-refractivity contribution in [2.75, 3.05) is 13.6 Å². The van der Waals surface area contributed by atoms with Crippen LogP contribution in [0.5, 0.6) is 0 Å². The van der Waals surface area contributed by atoms with Crippen molar-refractivity contribution in [1.29, 1.82) is 0 Å². The number of carbonyl (C=O) groups excluding carboxylic acids is 1. The number of rotatable bonds is 6. The molecule has 1 aliphatic carbocycles. The molecule has 0 saturated heterocycles. The van der Waals surface area contributed by atoms with Crippen molar-refractivity contribution in [3.05, 3.63) is 21.3 Å². The summed E-state index contributed by atoms with van der Waals surface area (Å²) in [6.07, 6.45) is 6.57. The summed E-state index contributed by atoms with van der Waals surface area (Å²) in [5, 5.41) is 3.43. The molecule has 0 aromatic carbocycles. The molecule has 0 atom stereocenters. The highest BCUT2D eigenvalue weighted by molar-refractivity contribution is 7.16. The van der Waals surface area contributed by atoms with Crippen LogP contribution in [0.15, 0.2) is 12.1 Å². The van der Waals surface area contributed by atoms with Crippen LogP contribution >= 0.6 is 22.9 Å². The summed E-state index contributed by atoms with van der Waals surface area (Å²) >= 11 is 7.53. The summed E-state index contributed by atoms with van der Waals surface area (Å²) in [4.78, 5) is 15.8. The maximum Gasteiger partial charge on any atom is 0.224 e. The lowest BCUT2D eigenvalue weighted by atomic mass is 9.79. The van der Waals surface area contributed by atoms with Gasteiger partial charge in [-0.15, -0.1) is 11.3 Å². The van der Waals surface area contributed by atoms with Gasteiger partial charge in [-0.25, -0.2) is 0 Å². The molecule has 1 aromatic heterocycles. The molecule has 3 nitrogen and oxygen atoms in total. The van der Waals surface area contributed by atoms with Crippen molar-refractivity contribution in [2.24, 2.45) is 0 Å². The summed E-state index contributed by atoms with van der Waals surface area (Å²) in [7, 11) is 1.99. The first-order valence-corrected chi connectivity index (χ1v) is 8.99. The fourth-order valence-corrected chi connectivity index (χ4v) is 4.25. The lowest BCUT2D eigenvalue weighted by molar-refractivity contribution is -0.133. The number of carbonyl (C=O) groups is 1. The Hall–Kier alpha value is -0.580. The maximum absolute atomic E-state index is 12.7. The smallest absolute Gasteiger partial charge is 0.224 e. The molecule has 2 rings (SSSR count). The first-order valence-electron chi connectivity index (χ1n) is 7.79. The molecule has 21 heavy (non-hydrogen) atoms. The number of halogens is 1. The predicted octanol–water partition coefficient (Wildman–Crippen LogP) is 4.06. The number of nitrogens with one attached hydrogen (secondary N) is 1. The Morgan fingerprint density at radius 3 is 2.62 bits per heavy atom. The zero-order chi connectivity index (χ0) is 15.3. The van der Waals surface area contributed by atoms with Crippen LogP contribution in [0.1, 0.15) is 50.3 Å². The third-order valence-electron chi connectivity index (χ3n) is 4.54. The summed E-state index contributed by atoms with van der Waals surface area (Å²) in [6.45, 7) is 3.46. The van der Waals surface area contributed by atoms with E-state index in [0.717, 1.165) is 28.6 Å². The normalized spacial score (nSPS) is 17.7. The van der Waals surface area contributed by atoms with E-state index in [2.05, 4.69) is 5.32 Å². The van der Waals surface area contributed by atoms with Gasteiger partial charge < -0.3 is 10.2 Å². The van der Waals surface area contributed by atoms with Crippen molar-refractivity contribution in [1.82, 2.24) is 10.2 Å². The Labute approximate surface area is 136 Å². The van der Waals surface area contributed by atoms with Gasteiger partial charge in [-0.3, -0.25) is 4.79 Å². The molecule has 0 spiro atoms. The van der Waals surface area contributed by atoms with Gasteiger partial charge in [0.15, 0.2) is 0 Å². The third kappa shape index (κ3) is 4.44. The summed E-state index contributed by atoms with van der Waals surface area (Å²) in [5.41, 5.74) is 0.00977. The van der Waals surface area contributed by atoms with Crippen molar-refractivity contribution >= 4 is 28.8 Å². The number of nitrogens with zero attached hydrogens (tertiary/aromatic N) is 1. The van der Waals surface area contributed by atoms with Crippen LogP contribution in [0.4, 0.5) is 0 Å². The van der Waals surface area contributed by atoms with E-state index in [-0.39, 0.29) is 11.4 Å². The first kappa shape index (κ1) is 16.8. The fourth-order valence-electron chi connectivity index (χ4n) is 3.15. The number of hydrogen-bond acceptors (Lipinski definition) is 3. The zero-order valence-corrected chi connectivity index (χ0v) is 14.5. The minimum Gasteiger partial charge on any atom is -0.338 e. The molecule has 1 heterocycles. The van der Waals surface area contributed by atoms with Gasteiger partial charge in [-0.1, -0.05) is 30.9 Å². The molecule has 1 amide bonds. The van der Waals surface area contributed by atoms with E-state index in [9.17, 15) is 4.79 Å². The van der Waals surface area contributed by atoms with Crippen molar-refractivity contribution in [3.8, 4) is 0 Å². The molecule has 118 valence electrons. The molecule has 0 aliphatic heterocycles. The van der Waals surface area contributed by atoms with E-state index in [1.165, 1.54) is 19.3 Å². The van der Waals surface area contributed by atoms with Gasteiger partial charge >= 0.3 is 0 Å². The predicted molar refractivity (Wildman–Crippen MR) is 89.9 cm³/mol. The van der Waals surface area contributed by atoms with Crippen molar-refractivity contribution in [3.63, 3.8) is 0 Å². The molecule has 0 bridgehead atoms. The van der Waals surface area contributed by atoms with Crippen molar-refractivity contribution < 1.29 is 4.79 Å². The SMILES string of the molecule is CCN(Cc1ccc(Cl)s1)C(=O)CC1(NC)CCCCC1. The topological polar surface area (TPSA) is 32.3 Å². The van der Waals surface area contributed by atoms with Crippen LogP contribution in [0, 0.1) is 0 Å². The third-order valence-corrected chi connectivity index (χ3v) is 5.76.